The van der Waals surface area contributed by atoms with Crippen LogP contribution in [0.1, 0.15) is 46.5 Å². The van der Waals surface area contributed by atoms with Gasteiger partial charge in [0.1, 0.15) is 0 Å². The lowest BCUT2D eigenvalue weighted by atomic mass is 10.2. The molecule has 140 valence electrons. The lowest BCUT2D eigenvalue weighted by Crippen LogP contribution is -2.57. The number of nitrogens with zero attached hydrogens (tertiary/aromatic N) is 1. The van der Waals surface area contributed by atoms with Gasteiger partial charge in [-0.15, -0.1) is 0 Å². The van der Waals surface area contributed by atoms with Crippen LogP contribution in [0.3, 0.4) is 0 Å². The Balaban J connectivity index is 5.32. The topological polar surface area (TPSA) is 46.6 Å². The van der Waals surface area contributed by atoms with E-state index in [1.54, 1.807) is 0 Å². The molecule has 0 unspecified atom stereocenters. The first-order chi connectivity index (χ1) is 11.0. The highest BCUT2D eigenvalue weighted by molar-refractivity contribution is 8.13. The number of hydrogen-bond acceptors (Lipinski definition) is 4. The lowest BCUT2D eigenvalue weighted by molar-refractivity contribution is -0.364. The van der Waals surface area contributed by atoms with Crippen LogP contribution < -0.4 is 0 Å². The summed E-state index contributed by atoms with van der Waals surface area (Å²) in [5.74, 6) is -1.50. The van der Waals surface area contributed by atoms with Gasteiger partial charge in [0.2, 0.25) is 0 Å². The van der Waals surface area contributed by atoms with Crippen molar-refractivity contribution in [3.8, 4) is 0 Å². The summed E-state index contributed by atoms with van der Waals surface area (Å²) >= 11 is 0.487. The first kappa shape index (κ1) is 22.8. The number of hydrogen-bond donors (Lipinski definition) is 0. The number of unbranched alkanes of at least 4 members (excludes halogenated alkanes) is 3. The van der Waals surface area contributed by atoms with Crippen molar-refractivity contribution in [2.45, 2.75) is 58.6 Å². The van der Waals surface area contributed by atoms with Gasteiger partial charge in [0.05, 0.1) is 0 Å². The van der Waals surface area contributed by atoms with Crippen molar-refractivity contribution in [3.63, 3.8) is 0 Å². The first-order valence-electron chi connectivity index (χ1n) is 7.60. The average molecular weight is 373 g/mol. The highest BCUT2D eigenvalue weighted by Gasteiger charge is 2.65. The molecular weight excluding hydrogens is 350 g/mol. The van der Waals surface area contributed by atoms with Crippen LogP contribution in [0, 0.1) is 0 Å². The third-order valence-electron chi connectivity index (χ3n) is 2.98. The Hall–Kier alpha value is -1.25. The highest BCUT2D eigenvalue weighted by Crippen LogP contribution is 2.40. The van der Waals surface area contributed by atoms with Crippen LogP contribution in [0.15, 0.2) is 12.2 Å². The molecule has 24 heavy (non-hydrogen) atoms. The summed E-state index contributed by atoms with van der Waals surface area (Å²) in [5.41, 5.74) is -0.450. The molecule has 0 aromatic carbocycles. The summed E-state index contributed by atoms with van der Waals surface area (Å²) in [7, 11) is 0. The van der Waals surface area contributed by atoms with Gasteiger partial charge in [0.15, 0.2) is 0 Å². The van der Waals surface area contributed by atoms with E-state index in [0.29, 0.717) is 18.2 Å². The molecule has 0 radical (unpaired) electrons. The predicted molar refractivity (Wildman–Crippen MR) is 85.2 cm³/mol. The summed E-state index contributed by atoms with van der Waals surface area (Å²) in [4.78, 5) is 22.8. The normalized spacial score (nSPS) is 12.0. The monoisotopic (exact) mass is 373 g/mol. The minimum Gasteiger partial charge on any atom is -0.391 e. The SMILES string of the molecule is C=C(C)C(=O)OC(F)(F)C(F)(F)N(CCCCCC)C(=O)SCC. The van der Waals surface area contributed by atoms with E-state index in [4.69, 9.17) is 0 Å². The number of alkyl halides is 4. The highest BCUT2D eigenvalue weighted by atomic mass is 32.2. The van der Waals surface area contributed by atoms with E-state index >= 15 is 0 Å². The van der Waals surface area contributed by atoms with Gasteiger partial charge < -0.3 is 4.74 Å². The van der Waals surface area contributed by atoms with Gasteiger partial charge in [-0.2, -0.15) is 17.6 Å². The van der Waals surface area contributed by atoms with Crippen LogP contribution in [-0.4, -0.2) is 40.6 Å². The number of thioether (sulfide) groups is 1. The zero-order chi connectivity index (χ0) is 19.0. The largest absolute Gasteiger partial charge is 0.488 e. The number of amides is 1. The Morgan fingerprint density at radius 3 is 2.17 bits per heavy atom. The van der Waals surface area contributed by atoms with Crippen LogP contribution in [0.4, 0.5) is 22.4 Å². The molecule has 1 amide bonds. The maximum atomic E-state index is 14.2. The maximum absolute atomic E-state index is 14.2. The number of carbonyl (C=O) groups excluding carboxylic acids is 2. The van der Waals surface area contributed by atoms with Gasteiger partial charge in [0, 0.05) is 12.1 Å². The fourth-order valence-electron chi connectivity index (χ4n) is 1.67. The zero-order valence-electron chi connectivity index (χ0n) is 14.0. The fourth-order valence-corrected chi connectivity index (χ4v) is 2.28. The van der Waals surface area contributed by atoms with Gasteiger partial charge in [-0.25, -0.2) is 4.79 Å². The molecule has 0 saturated heterocycles. The summed E-state index contributed by atoms with van der Waals surface area (Å²) in [6.07, 6.45) is -2.94. The number of carbonyl (C=O) groups is 2. The second-order valence-corrected chi connectivity index (χ2v) is 6.35. The lowest BCUT2D eigenvalue weighted by Gasteiger charge is -2.34. The molecule has 0 N–H and O–H groups in total. The number of rotatable bonds is 10. The molecule has 0 aliphatic carbocycles. The maximum Gasteiger partial charge on any atom is 0.488 e. The van der Waals surface area contributed by atoms with Gasteiger partial charge in [-0.3, -0.25) is 9.69 Å². The van der Waals surface area contributed by atoms with E-state index in [-0.39, 0.29) is 17.1 Å². The molecule has 4 nitrogen and oxygen atoms in total. The van der Waals surface area contributed by atoms with Crippen LogP contribution >= 0.6 is 11.8 Å². The second-order valence-electron chi connectivity index (χ2n) is 5.14. The smallest absolute Gasteiger partial charge is 0.391 e. The van der Waals surface area contributed by atoms with Crippen molar-refractivity contribution < 1.29 is 31.9 Å². The average Bonchev–Trinajstić information content (AvgIpc) is 2.46. The Morgan fingerprint density at radius 1 is 1.12 bits per heavy atom. The standard InChI is InChI=1S/C15H23F4NO3S/c1-5-7-8-9-10-20(13(22)24-6-2)14(16,17)15(18,19)23-12(21)11(3)4/h3,5-10H2,1-2,4H3. The third-order valence-corrected chi connectivity index (χ3v) is 3.74. The van der Waals surface area contributed by atoms with E-state index < -0.39 is 35.5 Å². The van der Waals surface area contributed by atoms with Gasteiger partial charge in [-0.1, -0.05) is 51.5 Å². The van der Waals surface area contributed by atoms with Crippen molar-refractivity contribution in [3.05, 3.63) is 12.2 Å². The van der Waals surface area contributed by atoms with Gasteiger partial charge in [0.25, 0.3) is 5.24 Å². The van der Waals surface area contributed by atoms with Crippen LogP contribution in [0.25, 0.3) is 0 Å². The summed E-state index contributed by atoms with van der Waals surface area (Å²) < 4.78 is 59.6. The van der Waals surface area contributed by atoms with Crippen molar-refractivity contribution in [1.29, 1.82) is 0 Å². The minimum absolute atomic E-state index is 0.143. The number of halogens is 4. The van der Waals surface area contributed by atoms with Crippen molar-refractivity contribution in [2.75, 3.05) is 12.3 Å². The van der Waals surface area contributed by atoms with Crippen molar-refractivity contribution in [2.24, 2.45) is 0 Å². The van der Waals surface area contributed by atoms with Crippen LogP contribution in [-0.2, 0) is 9.53 Å². The molecule has 9 heteroatoms. The summed E-state index contributed by atoms with van der Waals surface area (Å²) in [6, 6.07) is -4.95. The van der Waals surface area contributed by atoms with Gasteiger partial charge >= 0.3 is 18.1 Å². The predicted octanol–water partition coefficient (Wildman–Crippen LogP) is 5.05. The molecule has 0 heterocycles. The molecular formula is C15H23F4NO3S. The molecule has 0 spiro atoms. The molecule has 0 aliphatic rings. The minimum atomic E-state index is -5.16. The fraction of sp³-hybridized carbons (Fsp3) is 0.733. The second kappa shape index (κ2) is 9.90. The molecule has 0 saturated carbocycles. The molecule has 0 aliphatic heterocycles. The van der Waals surface area contributed by atoms with E-state index in [1.807, 2.05) is 6.92 Å². The van der Waals surface area contributed by atoms with Crippen molar-refractivity contribution in [1.82, 2.24) is 4.90 Å². The Morgan fingerprint density at radius 2 is 1.71 bits per heavy atom. The zero-order valence-corrected chi connectivity index (χ0v) is 14.9. The van der Waals surface area contributed by atoms with E-state index in [2.05, 4.69) is 11.3 Å². The number of esters is 1. The van der Waals surface area contributed by atoms with Gasteiger partial charge in [-0.05, 0) is 19.1 Å². The Kier molecular flexibility index (Phi) is 9.39. The number of ether oxygens (including phenoxy) is 1. The third kappa shape index (κ3) is 6.33. The first-order valence-corrected chi connectivity index (χ1v) is 8.58. The Labute approximate surface area is 143 Å². The molecule has 0 atom stereocenters. The molecule has 0 aromatic rings. The van der Waals surface area contributed by atoms with E-state index in [9.17, 15) is 27.2 Å². The summed E-state index contributed by atoms with van der Waals surface area (Å²) in [6.45, 7) is 6.99. The van der Waals surface area contributed by atoms with E-state index in [0.717, 1.165) is 19.8 Å². The molecule has 0 rings (SSSR count). The Bertz CT molecular complexity index is 458. The van der Waals surface area contributed by atoms with Crippen LogP contribution in [0.5, 0.6) is 0 Å². The molecule has 0 bridgehead atoms. The summed E-state index contributed by atoms with van der Waals surface area (Å²) in [5, 5.41) is -1.19. The molecule has 0 fully saturated rings. The molecule has 0 aromatic heterocycles. The quantitative estimate of drug-likeness (QED) is 0.177. The van der Waals surface area contributed by atoms with Crippen LogP contribution in [0.2, 0.25) is 0 Å². The van der Waals surface area contributed by atoms with Crippen molar-refractivity contribution >= 4 is 23.0 Å². The van der Waals surface area contributed by atoms with E-state index in [1.165, 1.54) is 6.92 Å².